The van der Waals surface area contributed by atoms with Gasteiger partial charge in [0.05, 0.1) is 28.3 Å². The Bertz CT molecular complexity index is 809. The fraction of sp³-hybridized carbons (Fsp3) is 0.368. The van der Waals surface area contributed by atoms with E-state index in [9.17, 15) is 9.59 Å². The van der Waals surface area contributed by atoms with Crippen molar-refractivity contribution < 1.29 is 19.1 Å². The lowest BCUT2D eigenvalue weighted by molar-refractivity contribution is 0.0475. The van der Waals surface area contributed by atoms with E-state index in [0.717, 1.165) is 11.4 Å². The number of rotatable bonds is 7. The zero-order valence-corrected chi connectivity index (χ0v) is 16.6. The number of ether oxygens (including phenoxy) is 2. The molecule has 0 aliphatic carbocycles. The predicted molar refractivity (Wildman–Crippen MR) is 102 cm³/mol. The van der Waals surface area contributed by atoms with Crippen LogP contribution < -0.4 is 0 Å². The zero-order valence-electron chi connectivity index (χ0n) is 15.1. The normalized spacial score (nSPS) is 12.1. The van der Waals surface area contributed by atoms with Gasteiger partial charge in [-0.15, -0.1) is 0 Å². The molecule has 0 saturated carbocycles. The summed E-state index contributed by atoms with van der Waals surface area (Å²) in [5, 5.41) is 0.364. The van der Waals surface area contributed by atoms with Crippen molar-refractivity contribution in [3.8, 4) is 0 Å². The largest absolute Gasteiger partial charge is 0.454 e. The lowest BCUT2D eigenvalue weighted by atomic mass is 10.1. The molecule has 1 heterocycles. The first-order chi connectivity index (χ1) is 12.3. The fourth-order valence-corrected chi connectivity index (χ4v) is 3.58. The Balaban J connectivity index is 2.14. The molecule has 7 heteroatoms. The summed E-state index contributed by atoms with van der Waals surface area (Å²) in [4.78, 5) is 24.7. The van der Waals surface area contributed by atoms with E-state index in [1.165, 1.54) is 12.1 Å². The molecule has 0 aliphatic rings. The van der Waals surface area contributed by atoms with Gasteiger partial charge in [-0.2, -0.15) is 0 Å². The van der Waals surface area contributed by atoms with E-state index in [-0.39, 0.29) is 34.0 Å². The molecular weight excluding hydrogens is 377 g/mol. The van der Waals surface area contributed by atoms with Crippen molar-refractivity contribution in [2.45, 2.75) is 26.8 Å². The molecular formula is C19H21Cl2NO4. The number of Topliss-reactive ketones (excluding diaryl/α,β-unsaturated/α-hetero) is 1. The number of methoxy groups -OCH3 is 1. The van der Waals surface area contributed by atoms with Crippen LogP contribution in [0.5, 0.6) is 0 Å². The van der Waals surface area contributed by atoms with E-state index in [2.05, 4.69) is 0 Å². The summed E-state index contributed by atoms with van der Waals surface area (Å²) < 4.78 is 12.3. The van der Waals surface area contributed by atoms with Gasteiger partial charge in [-0.25, -0.2) is 4.79 Å². The molecule has 1 atom stereocenters. The first-order valence-electron chi connectivity index (χ1n) is 8.09. The van der Waals surface area contributed by atoms with Crippen molar-refractivity contribution in [2.24, 2.45) is 0 Å². The van der Waals surface area contributed by atoms with Crippen molar-refractivity contribution in [1.82, 2.24) is 4.57 Å². The molecule has 0 N–H and O–H groups in total. The summed E-state index contributed by atoms with van der Waals surface area (Å²) in [7, 11) is 1.63. The number of halogens is 2. The van der Waals surface area contributed by atoms with Gasteiger partial charge in [0.1, 0.15) is 0 Å². The van der Waals surface area contributed by atoms with Crippen LogP contribution in [0.4, 0.5) is 0 Å². The molecule has 2 rings (SSSR count). The van der Waals surface area contributed by atoms with E-state index in [1.807, 2.05) is 25.3 Å². The van der Waals surface area contributed by atoms with Crippen LogP contribution in [0.3, 0.4) is 0 Å². The highest BCUT2D eigenvalue weighted by molar-refractivity contribution is 6.39. The van der Waals surface area contributed by atoms with Crippen molar-refractivity contribution in [2.75, 3.05) is 20.3 Å². The maximum atomic E-state index is 12.5. The van der Waals surface area contributed by atoms with Crippen molar-refractivity contribution in [1.29, 1.82) is 0 Å². The van der Waals surface area contributed by atoms with Crippen molar-refractivity contribution in [3.05, 3.63) is 56.8 Å². The average Bonchev–Trinajstić information content (AvgIpc) is 2.87. The van der Waals surface area contributed by atoms with Gasteiger partial charge in [-0.05, 0) is 39.0 Å². The van der Waals surface area contributed by atoms with Crippen LogP contribution in [0, 0.1) is 13.8 Å². The maximum absolute atomic E-state index is 12.5. The Morgan fingerprint density at radius 1 is 1.19 bits per heavy atom. The standard InChI is InChI=1S/C19H21Cl2NO4/c1-11-8-14(13(3)22(11)12(2)9-25-4)17(23)10-26-19(24)18-15(20)6-5-7-16(18)21/h5-8,12H,9-10H2,1-4H3/t12-/m1/s1. The highest BCUT2D eigenvalue weighted by Gasteiger charge is 2.21. The smallest absolute Gasteiger partial charge is 0.341 e. The molecule has 0 spiro atoms. The van der Waals surface area contributed by atoms with E-state index in [4.69, 9.17) is 32.7 Å². The third-order valence-electron chi connectivity index (χ3n) is 4.13. The van der Waals surface area contributed by atoms with E-state index >= 15 is 0 Å². The van der Waals surface area contributed by atoms with Crippen LogP contribution in [0.2, 0.25) is 10.0 Å². The number of hydrogen-bond donors (Lipinski definition) is 0. The van der Waals surface area contributed by atoms with Crippen LogP contribution in [0.1, 0.15) is 45.1 Å². The van der Waals surface area contributed by atoms with Gasteiger partial charge < -0.3 is 14.0 Å². The quantitative estimate of drug-likeness (QED) is 0.503. The third kappa shape index (κ3) is 4.29. The first-order valence-corrected chi connectivity index (χ1v) is 8.85. The van der Waals surface area contributed by atoms with Gasteiger partial charge in [0.15, 0.2) is 6.61 Å². The second kappa shape index (κ2) is 8.71. The minimum absolute atomic E-state index is 0.0582. The number of benzene rings is 1. The monoisotopic (exact) mass is 397 g/mol. The molecule has 140 valence electrons. The van der Waals surface area contributed by atoms with Gasteiger partial charge in [0.2, 0.25) is 5.78 Å². The van der Waals surface area contributed by atoms with Crippen LogP contribution in [0.15, 0.2) is 24.3 Å². The Labute approximate surface area is 162 Å². The van der Waals surface area contributed by atoms with E-state index in [1.54, 1.807) is 19.2 Å². The SMILES string of the molecule is COC[C@@H](C)n1c(C)cc(C(=O)COC(=O)c2c(Cl)cccc2Cl)c1C. The van der Waals surface area contributed by atoms with Gasteiger partial charge >= 0.3 is 5.97 Å². The number of carbonyl (C=O) groups is 2. The van der Waals surface area contributed by atoms with Crippen molar-refractivity contribution in [3.63, 3.8) is 0 Å². The molecule has 1 aromatic heterocycles. The summed E-state index contributed by atoms with van der Waals surface area (Å²) in [6, 6.07) is 6.59. The summed E-state index contributed by atoms with van der Waals surface area (Å²) in [6.45, 7) is 5.94. The number of nitrogens with zero attached hydrogens (tertiary/aromatic N) is 1. The Morgan fingerprint density at radius 3 is 2.38 bits per heavy atom. The highest BCUT2D eigenvalue weighted by Crippen LogP contribution is 2.25. The van der Waals surface area contributed by atoms with Gasteiger partial charge in [-0.3, -0.25) is 4.79 Å². The second-order valence-electron chi connectivity index (χ2n) is 6.06. The molecule has 1 aromatic carbocycles. The molecule has 26 heavy (non-hydrogen) atoms. The lowest BCUT2D eigenvalue weighted by Crippen LogP contribution is -2.17. The predicted octanol–water partition coefficient (Wildman–Crippen LogP) is 4.66. The van der Waals surface area contributed by atoms with Crippen LogP contribution in [-0.4, -0.2) is 36.6 Å². The first kappa shape index (κ1) is 20.5. The van der Waals surface area contributed by atoms with Crippen LogP contribution in [-0.2, 0) is 9.47 Å². The minimum atomic E-state index is -0.726. The van der Waals surface area contributed by atoms with Gasteiger partial charge in [-0.1, -0.05) is 29.3 Å². The van der Waals surface area contributed by atoms with Gasteiger partial charge in [0, 0.05) is 24.1 Å². The molecule has 2 aromatic rings. The molecule has 0 fully saturated rings. The molecule has 0 bridgehead atoms. The summed E-state index contributed by atoms with van der Waals surface area (Å²) in [5.74, 6) is -1.01. The maximum Gasteiger partial charge on any atom is 0.341 e. The Hall–Kier alpha value is -1.82. The average molecular weight is 398 g/mol. The van der Waals surface area contributed by atoms with Gasteiger partial charge in [0.25, 0.3) is 0 Å². The fourth-order valence-electron chi connectivity index (χ4n) is 3.03. The van der Waals surface area contributed by atoms with E-state index < -0.39 is 5.97 Å². The molecule has 0 radical (unpaired) electrons. The zero-order chi connectivity index (χ0) is 19.4. The summed E-state index contributed by atoms with van der Waals surface area (Å²) in [6.07, 6.45) is 0. The van der Waals surface area contributed by atoms with Crippen LogP contribution in [0.25, 0.3) is 0 Å². The van der Waals surface area contributed by atoms with Crippen LogP contribution >= 0.6 is 23.2 Å². The second-order valence-corrected chi connectivity index (χ2v) is 6.87. The third-order valence-corrected chi connectivity index (χ3v) is 4.76. The molecule has 5 nitrogen and oxygen atoms in total. The number of hydrogen-bond acceptors (Lipinski definition) is 4. The molecule has 0 unspecified atom stereocenters. The number of aromatic nitrogens is 1. The minimum Gasteiger partial charge on any atom is -0.454 e. The molecule has 0 saturated heterocycles. The Kier molecular flexibility index (Phi) is 6.87. The number of carbonyl (C=O) groups excluding carboxylic acids is 2. The number of aryl methyl sites for hydroxylation is 1. The summed E-state index contributed by atoms with van der Waals surface area (Å²) in [5.41, 5.74) is 2.33. The molecule has 0 amide bonds. The highest BCUT2D eigenvalue weighted by atomic mass is 35.5. The molecule has 0 aliphatic heterocycles. The summed E-state index contributed by atoms with van der Waals surface area (Å²) >= 11 is 12.0. The number of ketones is 1. The topological polar surface area (TPSA) is 57.5 Å². The van der Waals surface area contributed by atoms with Crippen molar-refractivity contribution >= 4 is 35.0 Å². The lowest BCUT2D eigenvalue weighted by Gasteiger charge is -2.17. The van der Waals surface area contributed by atoms with E-state index in [0.29, 0.717) is 12.2 Å². The number of esters is 1. The Morgan fingerprint density at radius 2 is 1.81 bits per heavy atom.